The maximum absolute atomic E-state index is 12.8. The minimum absolute atomic E-state index is 0. The van der Waals surface area contributed by atoms with Crippen molar-refractivity contribution in [3.8, 4) is 0 Å². The van der Waals surface area contributed by atoms with Crippen molar-refractivity contribution >= 4 is 18.5 Å². The van der Waals surface area contributed by atoms with Crippen molar-refractivity contribution in [3.63, 3.8) is 0 Å². The predicted molar refractivity (Wildman–Crippen MR) is 107 cm³/mol. The number of benzene rings is 3. The Hall–Kier alpha value is -2.09. The van der Waals surface area contributed by atoms with Gasteiger partial charge in [0.05, 0.1) is 7.92 Å². The molecule has 150 valence electrons. The fraction of sp³-hybridized carbons (Fsp3) is 0.0909. The summed E-state index contributed by atoms with van der Waals surface area (Å²) in [6, 6.07) is 30.5. The number of rotatable bonds is 3. The van der Waals surface area contributed by atoms with E-state index in [1.54, 1.807) is 48.5 Å². The maximum Gasteiger partial charge on any atom is 0.452 e. The standard InChI is InChI=1S/C16H14F3OP.C6H5.Ni/c1-12(15(20)16(17,18)19)21(13-8-4-2-5-9-13)14-10-6-3-7-11-14;1-2-4-6-5-3-1;/h2-11,20H,1H3;1-5H;/q;-1;/p+1/b15-12-;;. The van der Waals surface area contributed by atoms with Crippen molar-refractivity contribution in [1.82, 2.24) is 0 Å². The molecule has 0 bridgehead atoms. The molecule has 0 atom stereocenters. The van der Waals surface area contributed by atoms with Crippen LogP contribution >= 0.6 is 7.92 Å². The van der Waals surface area contributed by atoms with Gasteiger partial charge in [-0.2, -0.15) is 49.6 Å². The van der Waals surface area contributed by atoms with Gasteiger partial charge in [-0.3, -0.25) is 0 Å². The fourth-order valence-electron chi connectivity index (χ4n) is 2.48. The van der Waals surface area contributed by atoms with E-state index in [1.165, 1.54) is 6.92 Å². The number of aliphatic hydroxyl groups is 1. The molecule has 0 aliphatic rings. The summed E-state index contributed by atoms with van der Waals surface area (Å²) in [5, 5.41) is 11.1. The van der Waals surface area contributed by atoms with E-state index in [4.69, 9.17) is 0 Å². The molecule has 6 heteroatoms. The molecule has 28 heavy (non-hydrogen) atoms. The van der Waals surface area contributed by atoms with Crippen molar-refractivity contribution in [1.29, 1.82) is 0 Å². The fourth-order valence-corrected chi connectivity index (χ4v) is 5.11. The van der Waals surface area contributed by atoms with Gasteiger partial charge in [0, 0.05) is 16.5 Å². The Kier molecular flexibility index (Phi) is 10.00. The number of alkyl halides is 3. The van der Waals surface area contributed by atoms with E-state index in [9.17, 15) is 18.3 Å². The number of halogens is 3. The second-order valence-electron chi connectivity index (χ2n) is 5.66. The quantitative estimate of drug-likeness (QED) is 0.237. The molecule has 0 amide bonds. The second kappa shape index (κ2) is 11.7. The van der Waals surface area contributed by atoms with Crippen molar-refractivity contribution in [2.45, 2.75) is 13.1 Å². The van der Waals surface area contributed by atoms with E-state index in [0.29, 0.717) is 0 Å². The summed E-state index contributed by atoms with van der Waals surface area (Å²) in [7, 11) is -1.85. The minimum Gasteiger partial charge on any atom is -0.502 e. The molecule has 3 aromatic carbocycles. The van der Waals surface area contributed by atoms with Gasteiger partial charge in [0.2, 0.25) is 5.76 Å². The van der Waals surface area contributed by atoms with Gasteiger partial charge >= 0.3 is 6.18 Å². The first kappa shape index (κ1) is 24.0. The molecule has 0 radical (unpaired) electrons. The summed E-state index contributed by atoms with van der Waals surface area (Å²) in [6.45, 7) is 1.36. The van der Waals surface area contributed by atoms with Gasteiger partial charge in [0.25, 0.3) is 0 Å². The van der Waals surface area contributed by atoms with Crippen LogP contribution in [0.3, 0.4) is 0 Å². The summed E-state index contributed by atoms with van der Waals surface area (Å²) in [5.41, 5.74) is 0. The number of aliphatic hydroxyl groups excluding tert-OH is 1. The summed E-state index contributed by atoms with van der Waals surface area (Å²) >= 11 is 0. The van der Waals surface area contributed by atoms with Gasteiger partial charge in [-0.05, 0) is 31.2 Å². The van der Waals surface area contributed by atoms with Gasteiger partial charge in [-0.1, -0.05) is 36.4 Å². The molecule has 0 unspecified atom stereocenters. The molecular formula is C22H20F3NiOP. The molecule has 1 nitrogen and oxygen atoms in total. The number of allylic oxidation sites excluding steroid dienone is 2. The Balaban J connectivity index is 0.000000478. The summed E-state index contributed by atoms with van der Waals surface area (Å²) < 4.78 is 38.4. The van der Waals surface area contributed by atoms with E-state index in [1.807, 2.05) is 42.5 Å². The van der Waals surface area contributed by atoms with Crippen LogP contribution in [0.1, 0.15) is 6.92 Å². The molecule has 1 N–H and O–H groups in total. The Morgan fingerprint density at radius 3 is 1.46 bits per heavy atom. The first-order chi connectivity index (χ1) is 12.9. The molecule has 0 aliphatic heterocycles. The zero-order valence-electron chi connectivity index (χ0n) is 15.1. The number of hydrogen-bond donors (Lipinski definition) is 1. The molecule has 0 saturated carbocycles. The Labute approximate surface area is 174 Å². The van der Waals surface area contributed by atoms with Gasteiger partial charge in [-0.25, -0.2) is 0 Å². The zero-order chi connectivity index (χ0) is 19.7. The van der Waals surface area contributed by atoms with Gasteiger partial charge in [-0.15, -0.1) is 0 Å². The Bertz CT molecular complexity index is 772. The average Bonchev–Trinajstić information content (AvgIpc) is 2.70. The van der Waals surface area contributed by atoms with Crippen molar-refractivity contribution in [3.05, 3.63) is 108 Å². The minimum atomic E-state index is -4.72. The summed E-state index contributed by atoms with van der Waals surface area (Å²) in [4.78, 5) is 0. The molecule has 0 heterocycles. The van der Waals surface area contributed by atoms with Crippen molar-refractivity contribution in [2.75, 3.05) is 0 Å². The smallest absolute Gasteiger partial charge is 0.452 e. The van der Waals surface area contributed by atoms with Crippen LogP contribution in [0, 0.1) is 6.07 Å². The largest absolute Gasteiger partial charge is 0.502 e. The molecular weight excluding hydrogens is 427 g/mol. The Morgan fingerprint density at radius 2 is 1.18 bits per heavy atom. The molecule has 3 rings (SSSR count). The maximum atomic E-state index is 12.8. The van der Waals surface area contributed by atoms with Crippen LogP contribution in [0.5, 0.6) is 0 Å². The SMILES string of the molecule is C/C(=C(/O)C(F)(F)F)[PH+](c1ccccc1)c1ccccc1.[Ni].[c-]1ccccc1. The van der Waals surface area contributed by atoms with Crippen molar-refractivity contribution < 1.29 is 34.8 Å². The first-order valence-electron chi connectivity index (χ1n) is 8.27. The summed E-state index contributed by atoms with van der Waals surface area (Å²) in [5.74, 6) is -1.48. The van der Waals surface area contributed by atoms with E-state index in [-0.39, 0.29) is 21.8 Å². The van der Waals surface area contributed by atoms with Crippen LogP contribution in [0.4, 0.5) is 13.2 Å². The third kappa shape index (κ3) is 7.15. The van der Waals surface area contributed by atoms with Crippen LogP contribution in [-0.2, 0) is 16.5 Å². The molecule has 0 spiro atoms. The summed E-state index contributed by atoms with van der Waals surface area (Å²) in [6.07, 6.45) is -4.72. The third-order valence-electron chi connectivity index (χ3n) is 3.73. The average molecular weight is 447 g/mol. The predicted octanol–water partition coefficient (Wildman–Crippen LogP) is 5.69. The molecule has 0 saturated heterocycles. The molecule has 0 aliphatic carbocycles. The molecule has 3 aromatic rings. The monoisotopic (exact) mass is 446 g/mol. The molecule has 0 fully saturated rings. The molecule has 0 aromatic heterocycles. The first-order valence-corrected chi connectivity index (χ1v) is 9.77. The van der Waals surface area contributed by atoms with Crippen LogP contribution < -0.4 is 10.6 Å². The van der Waals surface area contributed by atoms with Gasteiger partial charge in [0.1, 0.15) is 15.9 Å². The van der Waals surface area contributed by atoms with Crippen LogP contribution in [0.15, 0.2) is 102 Å². The van der Waals surface area contributed by atoms with E-state index in [0.717, 1.165) is 10.6 Å². The van der Waals surface area contributed by atoms with Crippen LogP contribution in [0.2, 0.25) is 0 Å². The van der Waals surface area contributed by atoms with Crippen LogP contribution in [0.25, 0.3) is 0 Å². The van der Waals surface area contributed by atoms with Crippen LogP contribution in [-0.4, -0.2) is 11.3 Å². The van der Waals surface area contributed by atoms with E-state index in [2.05, 4.69) is 6.07 Å². The topological polar surface area (TPSA) is 20.2 Å². The van der Waals surface area contributed by atoms with Gasteiger partial charge in [0.15, 0.2) is 0 Å². The third-order valence-corrected chi connectivity index (χ3v) is 6.54. The van der Waals surface area contributed by atoms with E-state index < -0.39 is 19.9 Å². The Morgan fingerprint density at radius 1 is 0.786 bits per heavy atom. The van der Waals surface area contributed by atoms with E-state index >= 15 is 0 Å². The zero-order valence-corrected chi connectivity index (χ0v) is 17.0. The van der Waals surface area contributed by atoms with Crippen molar-refractivity contribution in [2.24, 2.45) is 0 Å². The second-order valence-corrected chi connectivity index (χ2v) is 8.31. The normalized spacial score (nSPS) is 11.6. The number of hydrogen-bond acceptors (Lipinski definition) is 1. The van der Waals surface area contributed by atoms with Gasteiger partial charge < -0.3 is 5.11 Å².